The molecule has 2 aromatic rings. The zero-order valence-corrected chi connectivity index (χ0v) is 18.1. The highest BCUT2D eigenvalue weighted by Crippen LogP contribution is 2.31. The number of benzene rings is 2. The summed E-state index contributed by atoms with van der Waals surface area (Å²) in [5.41, 5.74) is 1.82. The van der Waals surface area contributed by atoms with Crippen LogP contribution >= 0.6 is 0 Å². The number of methoxy groups -OCH3 is 1. The van der Waals surface area contributed by atoms with E-state index in [1.54, 1.807) is 0 Å². The molecule has 0 unspecified atom stereocenters. The fourth-order valence-corrected chi connectivity index (χ4v) is 4.48. The van der Waals surface area contributed by atoms with E-state index in [4.69, 9.17) is 18.9 Å². The van der Waals surface area contributed by atoms with Gasteiger partial charge in [-0.1, -0.05) is 60.7 Å². The van der Waals surface area contributed by atoms with Crippen LogP contribution in [-0.2, 0) is 42.3 Å². The van der Waals surface area contributed by atoms with Crippen LogP contribution in [0.5, 0.6) is 0 Å². The quantitative estimate of drug-likeness (QED) is 0.527. The van der Waals surface area contributed by atoms with Crippen LogP contribution in [0.15, 0.2) is 60.7 Å². The van der Waals surface area contributed by atoms with Gasteiger partial charge < -0.3 is 24.1 Å². The molecular weight excluding hydrogens is 424 g/mol. The van der Waals surface area contributed by atoms with Crippen molar-refractivity contribution in [2.45, 2.75) is 37.8 Å². The summed E-state index contributed by atoms with van der Waals surface area (Å²) in [6.07, 6.45) is -3.95. The van der Waals surface area contributed by atoms with Crippen LogP contribution < -0.4 is 0 Å². The topological polar surface area (TPSA) is 112 Å². The van der Waals surface area contributed by atoms with Crippen molar-refractivity contribution >= 4 is 10.1 Å². The molecule has 0 bridgehead atoms. The summed E-state index contributed by atoms with van der Waals surface area (Å²) in [6.45, 7) is 0.490. The highest BCUT2D eigenvalue weighted by Gasteiger charge is 2.47. The first-order chi connectivity index (χ1) is 14.9. The highest BCUT2D eigenvalue weighted by atomic mass is 32.2. The van der Waals surface area contributed by atoms with Crippen LogP contribution in [0, 0.1) is 5.92 Å². The lowest BCUT2D eigenvalue weighted by Crippen LogP contribution is -2.58. The third-order valence-electron chi connectivity index (χ3n) is 5.13. The fourth-order valence-electron chi connectivity index (χ4n) is 3.60. The molecular formula is C22H28O8S. The molecule has 3 rings (SSSR count). The molecule has 0 amide bonds. The van der Waals surface area contributed by atoms with Gasteiger partial charge in [0.05, 0.1) is 31.7 Å². The van der Waals surface area contributed by atoms with Crippen LogP contribution in [0.2, 0.25) is 0 Å². The number of ether oxygens (including phenoxy) is 4. The highest BCUT2D eigenvalue weighted by molar-refractivity contribution is 7.85. The van der Waals surface area contributed by atoms with Crippen molar-refractivity contribution < 1.29 is 37.0 Å². The lowest BCUT2D eigenvalue weighted by molar-refractivity contribution is -0.293. The Morgan fingerprint density at radius 1 is 0.968 bits per heavy atom. The first-order valence-corrected chi connectivity index (χ1v) is 11.6. The van der Waals surface area contributed by atoms with E-state index in [-0.39, 0.29) is 13.2 Å². The van der Waals surface area contributed by atoms with Crippen LogP contribution in [-0.4, -0.2) is 62.1 Å². The smallest absolute Gasteiger partial charge is 0.265 e. The molecule has 0 saturated carbocycles. The maximum absolute atomic E-state index is 11.6. The molecule has 0 aromatic heterocycles. The average Bonchev–Trinajstić information content (AvgIpc) is 2.76. The molecule has 1 aliphatic heterocycles. The predicted octanol–water partition coefficient (Wildman–Crippen LogP) is 2.02. The largest absolute Gasteiger partial charge is 0.390 e. The third-order valence-corrected chi connectivity index (χ3v) is 5.94. The van der Waals surface area contributed by atoms with Gasteiger partial charge in [-0.05, 0) is 11.1 Å². The number of aliphatic hydroxyl groups is 1. The normalized spacial score (nSPS) is 26.6. The Balaban J connectivity index is 1.70. The van der Waals surface area contributed by atoms with Crippen LogP contribution in [0.3, 0.4) is 0 Å². The number of rotatable bonds is 10. The van der Waals surface area contributed by atoms with Crippen LogP contribution in [0.25, 0.3) is 0 Å². The molecule has 9 heteroatoms. The minimum Gasteiger partial charge on any atom is -0.390 e. The maximum Gasteiger partial charge on any atom is 0.265 e. The second kappa shape index (κ2) is 11.1. The Hall–Kier alpha value is -1.85. The monoisotopic (exact) mass is 452 g/mol. The summed E-state index contributed by atoms with van der Waals surface area (Å²) in [4.78, 5) is 0. The Labute approximate surface area is 182 Å². The summed E-state index contributed by atoms with van der Waals surface area (Å²) in [5, 5.41) is 10.9. The second-order valence-electron chi connectivity index (χ2n) is 7.44. The van der Waals surface area contributed by atoms with Gasteiger partial charge in [-0.3, -0.25) is 4.55 Å². The minimum atomic E-state index is -4.38. The summed E-state index contributed by atoms with van der Waals surface area (Å²) < 4.78 is 55.5. The number of hydrogen-bond donors (Lipinski definition) is 2. The van der Waals surface area contributed by atoms with Crippen molar-refractivity contribution in [1.82, 2.24) is 0 Å². The summed E-state index contributed by atoms with van der Waals surface area (Å²) >= 11 is 0. The van der Waals surface area contributed by atoms with Gasteiger partial charge in [0.25, 0.3) is 10.1 Å². The van der Waals surface area contributed by atoms with E-state index in [1.807, 2.05) is 60.7 Å². The first kappa shape index (κ1) is 23.8. The van der Waals surface area contributed by atoms with E-state index in [9.17, 15) is 18.1 Å². The van der Waals surface area contributed by atoms with E-state index in [2.05, 4.69) is 0 Å². The zero-order chi connectivity index (χ0) is 22.3. The summed E-state index contributed by atoms with van der Waals surface area (Å²) in [5.74, 6) is -1.66. The van der Waals surface area contributed by atoms with Crippen molar-refractivity contribution in [2.24, 2.45) is 5.92 Å². The van der Waals surface area contributed by atoms with Crippen molar-refractivity contribution in [3.8, 4) is 0 Å². The maximum atomic E-state index is 11.6. The Morgan fingerprint density at radius 3 is 2.10 bits per heavy atom. The molecule has 2 aromatic carbocycles. The molecule has 0 aliphatic carbocycles. The Bertz CT molecular complexity index is 890. The summed E-state index contributed by atoms with van der Waals surface area (Å²) in [6, 6.07) is 18.8. The number of hydrogen-bond acceptors (Lipinski definition) is 7. The molecule has 1 aliphatic rings. The lowest BCUT2D eigenvalue weighted by atomic mass is 9.90. The molecule has 0 spiro atoms. The van der Waals surface area contributed by atoms with Gasteiger partial charge in [0.15, 0.2) is 6.29 Å². The van der Waals surface area contributed by atoms with Crippen molar-refractivity contribution in [1.29, 1.82) is 0 Å². The van der Waals surface area contributed by atoms with Crippen molar-refractivity contribution in [3.63, 3.8) is 0 Å². The van der Waals surface area contributed by atoms with Crippen LogP contribution in [0.1, 0.15) is 11.1 Å². The minimum absolute atomic E-state index is 0.0172. The molecule has 2 N–H and O–H groups in total. The lowest BCUT2D eigenvalue weighted by Gasteiger charge is -2.43. The van der Waals surface area contributed by atoms with Crippen molar-refractivity contribution in [2.75, 3.05) is 19.5 Å². The van der Waals surface area contributed by atoms with Gasteiger partial charge in [-0.25, -0.2) is 0 Å². The van der Waals surface area contributed by atoms with Gasteiger partial charge in [0.1, 0.15) is 12.2 Å². The molecule has 31 heavy (non-hydrogen) atoms. The van der Waals surface area contributed by atoms with Gasteiger partial charge in [0.2, 0.25) is 0 Å². The fraction of sp³-hybridized carbons (Fsp3) is 0.455. The second-order valence-corrected chi connectivity index (χ2v) is 8.94. The van der Waals surface area contributed by atoms with E-state index >= 15 is 0 Å². The SMILES string of the molecule is CO[C@H]1O[C@H](COCc2ccccc2)[C@@H](O)[C@H](CS(=O)(=O)O)[C@H]1OCc1ccccc1. The van der Waals surface area contributed by atoms with E-state index in [1.165, 1.54) is 7.11 Å². The molecule has 1 saturated heterocycles. The standard InChI is InChI=1S/C22H28O8S/c1-27-22-21(29-13-17-10-6-3-7-11-17)18(15-31(24,25)26)20(23)19(30-22)14-28-12-16-8-4-2-5-9-16/h2-11,18-23H,12-15H2,1H3,(H,24,25,26)/t18-,19+,20-,21+,22-/m0/s1. The van der Waals surface area contributed by atoms with Gasteiger partial charge >= 0.3 is 0 Å². The van der Waals surface area contributed by atoms with E-state index < -0.39 is 46.4 Å². The molecule has 8 nitrogen and oxygen atoms in total. The Morgan fingerprint density at radius 2 is 1.55 bits per heavy atom. The van der Waals surface area contributed by atoms with Crippen LogP contribution in [0.4, 0.5) is 0 Å². The van der Waals surface area contributed by atoms with Gasteiger partial charge in [-0.2, -0.15) is 8.42 Å². The molecule has 170 valence electrons. The van der Waals surface area contributed by atoms with Crippen molar-refractivity contribution in [3.05, 3.63) is 71.8 Å². The summed E-state index contributed by atoms with van der Waals surface area (Å²) in [7, 11) is -2.97. The average molecular weight is 453 g/mol. The molecule has 1 fully saturated rings. The molecule has 1 heterocycles. The van der Waals surface area contributed by atoms with E-state index in [0.29, 0.717) is 6.61 Å². The third kappa shape index (κ3) is 7.08. The number of aliphatic hydroxyl groups excluding tert-OH is 1. The van der Waals surface area contributed by atoms with Gasteiger partial charge in [-0.15, -0.1) is 0 Å². The Kier molecular flexibility index (Phi) is 8.56. The molecule has 0 radical (unpaired) electrons. The predicted molar refractivity (Wildman–Crippen MR) is 113 cm³/mol. The zero-order valence-electron chi connectivity index (χ0n) is 17.2. The van der Waals surface area contributed by atoms with Gasteiger partial charge in [0, 0.05) is 13.0 Å². The first-order valence-electron chi connectivity index (χ1n) is 9.96. The van der Waals surface area contributed by atoms with E-state index in [0.717, 1.165) is 11.1 Å². The molecule has 5 atom stereocenters.